The zero-order valence-electron chi connectivity index (χ0n) is 13.4. The number of hydrogen-bond acceptors (Lipinski definition) is 8. The fourth-order valence-corrected chi connectivity index (χ4v) is 1.33. The molecule has 10 heteroatoms. The second-order valence-electron chi connectivity index (χ2n) is 5.44. The molecule has 1 N–H and O–H groups in total. The minimum absolute atomic E-state index is 0.0293. The summed E-state index contributed by atoms with van der Waals surface area (Å²) in [4.78, 5) is 41.4. The van der Waals surface area contributed by atoms with Crippen LogP contribution in [0.5, 0.6) is 5.75 Å². The molecule has 1 aromatic rings. The predicted molar refractivity (Wildman–Crippen MR) is 80.4 cm³/mol. The number of benzene rings is 1. The molecule has 0 aromatic heterocycles. The second-order valence-corrected chi connectivity index (χ2v) is 5.44. The molecule has 10 nitrogen and oxygen atoms in total. The molecule has 0 aliphatic rings. The van der Waals surface area contributed by atoms with Gasteiger partial charge in [-0.05, 0) is 32.9 Å². The standard InChI is InChI=1S/C14H18N2O8/c1-14(2,3)22-12(17)15-8-9-21-13(18)24-23-11-6-4-10(5-7-11)16(19)20/h4-7H,8-9H2,1-3H3,(H,15,17). The van der Waals surface area contributed by atoms with Gasteiger partial charge in [-0.25, -0.2) is 9.68 Å². The van der Waals surface area contributed by atoms with Crippen LogP contribution in [-0.2, 0) is 14.4 Å². The van der Waals surface area contributed by atoms with Crippen molar-refractivity contribution in [2.24, 2.45) is 0 Å². The van der Waals surface area contributed by atoms with E-state index in [1.807, 2.05) is 0 Å². The number of alkyl carbamates (subject to hydrolysis) is 1. The number of nitrogens with zero attached hydrogens (tertiary/aromatic N) is 1. The largest absolute Gasteiger partial charge is 0.549 e. The van der Waals surface area contributed by atoms with Gasteiger partial charge in [-0.3, -0.25) is 15.0 Å². The fourth-order valence-electron chi connectivity index (χ4n) is 1.33. The van der Waals surface area contributed by atoms with Crippen molar-refractivity contribution >= 4 is 17.9 Å². The topological polar surface area (TPSA) is 126 Å². The number of hydrogen-bond donors (Lipinski definition) is 1. The molecule has 132 valence electrons. The molecule has 1 aromatic carbocycles. The van der Waals surface area contributed by atoms with Gasteiger partial charge in [0.15, 0.2) is 5.75 Å². The number of amides is 1. The van der Waals surface area contributed by atoms with Crippen LogP contribution in [0.3, 0.4) is 0 Å². The molecule has 0 aliphatic heterocycles. The second kappa shape index (κ2) is 8.56. The smallest absolute Gasteiger partial charge is 0.444 e. The molecule has 0 heterocycles. The Hall–Kier alpha value is -3.04. The maximum absolute atomic E-state index is 11.3. The number of non-ortho nitro benzene ring substituents is 1. The third kappa shape index (κ3) is 7.82. The van der Waals surface area contributed by atoms with Gasteiger partial charge in [0.25, 0.3) is 5.69 Å². The van der Waals surface area contributed by atoms with Crippen molar-refractivity contribution in [1.29, 1.82) is 0 Å². The molecule has 0 bridgehead atoms. The lowest BCUT2D eigenvalue weighted by Gasteiger charge is -2.19. The van der Waals surface area contributed by atoms with Crippen molar-refractivity contribution in [3.05, 3.63) is 34.4 Å². The first-order chi connectivity index (χ1) is 11.2. The Kier molecular flexibility index (Phi) is 6.78. The normalized spacial score (nSPS) is 10.5. The highest BCUT2D eigenvalue weighted by Crippen LogP contribution is 2.17. The van der Waals surface area contributed by atoms with Crippen molar-refractivity contribution < 1.29 is 33.8 Å². The lowest BCUT2D eigenvalue weighted by atomic mass is 10.2. The van der Waals surface area contributed by atoms with E-state index in [4.69, 9.17) is 4.74 Å². The van der Waals surface area contributed by atoms with E-state index in [2.05, 4.69) is 19.8 Å². The first kappa shape index (κ1) is 19.0. The minimum Gasteiger partial charge on any atom is -0.444 e. The summed E-state index contributed by atoms with van der Waals surface area (Å²) in [6.07, 6.45) is -1.76. The summed E-state index contributed by atoms with van der Waals surface area (Å²) < 4.78 is 9.62. The van der Waals surface area contributed by atoms with Crippen molar-refractivity contribution in [1.82, 2.24) is 5.32 Å². The van der Waals surface area contributed by atoms with Gasteiger partial charge in [0.1, 0.15) is 12.2 Å². The summed E-state index contributed by atoms with van der Waals surface area (Å²) in [7, 11) is 0. The molecular formula is C14H18N2O8. The fraction of sp³-hybridized carbons (Fsp3) is 0.429. The van der Waals surface area contributed by atoms with E-state index in [0.29, 0.717) is 0 Å². The van der Waals surface area contributed by atoms with Gasteiger partial charge in [0.05, 0.1) is 11.5 Å². The Bertz CT molecular complexity index is 579. The SMILES string of the molecule is CC(C)(C)OC(=O)NCCOC(=O)OOc1ccc([N+](=O)[O-])cc1. The van der Waals surface area contributed by atoms with Crippen LogP contribution < -0.4 is 10.2 Å². The number of ether oxygens (including phenoxy) is 2. The van der Waals surface area contributed by atoms with Gasteiger partial charge >= 0.3 is 12.2 Å². The molecule has 1 rings (SSSR count). The molecule has 0 saturated heterocycles. The summed E-state index contributed by atoms with van der Waals surface area (Å²) in [6, 6.07) is 4.90. The summed E-state index contributed by atoms with van der Waals surface area (Å²) in [5.74, 6) is 0.0874. The Balaban J connectivity index is 2.20. The zero-order valence-corrected chi connectivity index (χ0v) is 13.4. The van der Waals surface area contributed by atoms with Crippen molar-refractivity contribution in [3.8, 4) is 5.75 Å². The monoisotopic (exact) mass is 342 g/mol. The van der Waals surface area contributed by atoms with Crippen LogP contribution in [0.4, 0.5) is 15.3 Å². The Morgan fingerprint density at radius 3 is 2.38 bits per heavy atom. The molecule has 0 spiro atoms. The lowest BCUT2D eigenvalue weighted by molar-refractivity contribution is -0.384. The van der Waals surface area contributed by atoms with Gasteiger partial charge in [-0.2, -0.15) is 4.79 Å². The third-order valence-electron chi connectivity index (χ3n) is 2.24. The van der Waals surface area contributed by atoms with Crippen LogP contribution in [0.1, 0.15) is 20.8 Å². The van der Waals surface area contributed by atoms with E-state index in [-0.39, 0.29) is 24.6 Å². The molecule has 1 amide bonds. The molecule has 0 atom stereocenters. The summed E-state index contributed by atoms with van der Waals surface area (Å²) >= 11 is 0. The average molecular weight is 342 g/mol. The lowest BCUT2D eigenvalue weighted by Crippen LogP contribution is -2.34. The average Bonchev–Trinajstić information content (AvgIpc) is 2.48. The number of rotatable bonds is 6. The van der Waals surface area contributed by atoms with E-state index in [9.17, 15) is 19.7 Å². The van der Waals surface area contributed by atoms with Crippen LogP contribution in [0, 0.1) is 10.1 Å². The van der Waals surface area contributed by atoms with Crippen LogP contribution in [-0.4, -0.2) is 35.9 Å². The van der Waals surface area contributed by atoms with Crippen LogP contribution in [0.25, 0.3) is 0 Å². The van der Waals surface area contributed by atoms with Crippen LogP contribution in [0.2, 0.25) is 0 Å². The van der Waals surface area contributed by atoms with Crippen LogP contribution >= 0.6 is 0 Å². The summed E-state index contributed by atoms with van der Waals surface area (Å²) in [6.45, 7) is 5.03. The first-order valence-electron chi connectivity index (χ1n) is 6.90. The number of nitrogens with one attached hydrogen (secondary N) is 1. The van der Waals surface area contributed by atoms with Gasteiger partial charge in [-0.1, -0.05) is 0 Å². The highest BCUT2D eigenvalue weighted by molar-refractivity contribution is 5.67. The van der Waals surface area contributed by atoms with E-state index in [1.165, 1.54) is 24.3 Å². The van der Waals surface area contributed by atoms with E-state index < -0.39 is 22.8 Å². The van der Waals surface area contributed by atoms with E-state index in [1.54, 1.807) is 20.8 Å². The minimum atomic E-state index is -1.13. The molecule has 0 fully saturated rings. The highest BCUT2D eigenvalue weighted by atomic mass is 17.2. The predicted octanol–water partition coefficient (Wildman–Crippen LogP) is 2.57. The number of nitro benzene ring substituents is 1. The Morgan fingerprint density at radius 1 is 1.21 bits per heavy atom. The molecule has 0 aliphatic carbocycles. The Morgan fingerprint density at radius 2 is 1.83 bits per heavy atom. The van der Waals surface area contributed by atoms with Gasteiger partial charge in [0, 0.05) is 12.1 Å². The molecule has 0 radical (unpaired) electrons. The first-order valence-corrected chi connectivity index (χ1v) is 6.90. The maximum atomic E-state index is 11.3. The molecular weight excluding hydrogens is 324 g/mol. The quantitative estimate of drug-likeness (QED) is 0.275. The molecule has 24 heavy (non-hydrogen) atoms. The van der Waals surface area contributed by atoms with E-state index in [0.717, 1.165) is 0 Å². The summed E-state index contributed by atoms with van der Waals surface area (Å²) in [5, 5.41) is 12.9. The zero-order chi connectivity index (χ0) is 18.2. The van der Waals surface area contributed by atoms with Crippen molar-refractivity contribution in [2.75, 3.05) is 13.2 Å². The number of carbonyl (C=O) groups is 2. The number of nitro groups is 1. The van der Waals surface area contributed by atoms with Gasteiger partial charge in [-0.15, -0.1) is 0 Å². The maximum Gasteiger partial charge on any atom is 0.549 e. The van der Waals surface area contributed by atoms with Gasteiger partial charge < -0.3 is 14.8 Å². The van der Waals surface area contributed by atoms with Crippen molar-refractivity contribution in [3.63, 3.8) is 0 Å². The van der Waals surface area contributed by atoms with Crippen LogP contribution in [0.15, 0.2) is 24.3 Å². The summed E-state index contributed by atoms with van der Waals surface area (Å²) in [5.41, 5.74) is -0.749. The number of carbonyl (C=O) groups excluding carboxylic acids is 2. The van der Waals surface area contributed by atoms with Crippen molar-refractivity contribution in [2.45, 2.75) is 26.4 Å². The van der Waals surface area contributed by atoms with Gasteiger partial charge in [0.2, 0.25) is 0 Å². The molecule has 0 saturated carbocycles. The van der Waals surface area contributed by atoms with E-state index >= 15 is 0 Å². The highest BCUT2D eigenvalue weighted by Gasteiger charge is 2.16. The third-order valence-corrected chi connectivity index (χ3v) is 2.24. The Labute approximate surface area is 137 Å². The molecule has 0 unspecified atom stereocenters.